The summed E-state index contributed by atoms with van der Waals surface area (Å²) in [7, 11) is 0. The first-order chi connectivity index (χ1) is 8.49. The van der Waals surface area contributed by atoms with E-state index in [4.69, 9.17) is 0 Å². The maximum absolute atomic E-state index is 13.7. The van der Waals surface area contributed by atoms with Gasteiger partial charge in [0.2, 0.25) is 0 Å². The van der Waals surface area contributed by atoms with Crippen molar-refractivity contribution in [1.82, 2.24) is 10.2 Å². The summed E-state index contributed by atoms with van der Waals surface area (Å²) in [6.07, 6.45) is -1.04. The summed E-state index contributed by atoms with van der Waals surface area (Å²) in [5.41, 5.74) is 2.07. The predicted octanol–water partition coefficient (Wildman–Crippen LogP) is 3.08. The molecule has 0 spiro atoms. The van der Waals surface area contributed by atoms with Crippen molar-refractivity contribution in [2.24, 2.45) is 0 Å². The molecule has 1 heterocycles. The van der Waals surface area contributed by atoms with E-state index in [0.29, 0.717) is 21.4 Å². The Balaban J connectivity index is 2.50. The highest BCUT2D eigenvalue weighted by Crippen LogP contribution is 2.28. The lowest BCUT2D eigenvalue weighted by atomic mass is 10.00. The monoisotopic (exact) mass is 310 g/mol. The molecule has 2 aromatic rings. The van der Waals surface area contributed by atoms with Gasteiger partial charge in [0.05, 0.1) is 11.4 Å². The normalized spacial score (nSPS) is 12.5. The highest BCUT2D eigenvalue weighted by molar-refractivity contribution is 9.10. The first kappa shape index (κ1) is 13.1. The van der Waals surface area contributed by atoms with Crippen molar-refractivity contribution in [3.05, 3.63) is 57.1 Å². The topological polar surface area (TPSA) is 46.0 Å². The van der Waals surface area contributed by atoms with Crippen LogP contribution in [0.3, 0.4) is 0 Å². The van der Waals surface area contributed by atoms with Gasteiger partial charge in [-0.2, -0.15) is 10.2 Å². The molecule has 2 rings (SSSR count). The number of aryl methyl sites for hydroxylation is 2. The molecule has 0 amide bonds. The van der Waals surface area contributed by atoms with Crippen LogP contribution in [-0.4, -0.2) is 15.3 Å². The molecule has 1 atom stereocenters. The fraction of sp³-hybridized carbons (Fsp3) is 0.231. The van der Waals surface area contributed by atoms with Crippen LogP contribution in [0.1, 0.15) is 28.6 Å². The number of aliphatic hydroxyl groups excluding tert-OH is 1. The molecule has 1 aromatic heterocycles. The van der Waals surface area contributed by atoms with Crippen LogP contribution in [0.5, 0.6) is 0 Å². The Morgan fingerprint density at radius 3 is 2.61 bits per heavy atom. The molecule has 0 radical (unpaired) electrons. The van der Waals surface area contributed by atoms with Gasteiger partial charge in [0.25, 0.3) is 0 Å². The number of nitrogens with zero attached hydrogens (tertiary/aromatic N) is 2. The third-order valence-electron chi connectivity index (χ3n) is 2.69. The lowest BCUT2D eigenvalue weighted by Gasteiger charge is -2.14. The molecule has 0 saturated carbocycles. The number of aliphatic hydroxyl groups is 1. The molecule has 3 nitrogen and oxygen atoms in total. The molecule has 1 unspecified atom stereocenters. The van der Waals surface area contributed by atoms with Crippen LogP contribution in [0, 0.1) is 19.7 Å². The van der Waals surface area contributed by atoms with E-state index in [1.54, 1.807) is 32.0 Å². The molecule has 1 N–H and O–H groups in total. The van der Waals surface area contributed by atoms with Gasteiger partial charge in [0.1, 0.15) is 11.9 Å². The van der Waals surface area contributed by atoms with Crippen molar-refractivity contribution < 1.29 is 9.50 Å². The largest absolute Gasteiger partial charge is 0.383 e. The molecule has 0 aliphatic carbocycles. The molecule has 94 valence electrons. The lowest BCUT2D eigenvalue weighted by Crippen LogP contribution is -2.07. The summed E-state index contributed by atoms with van der Waals surface area (Å²) in [6, 6.07) is 6.19. The minimum absolute atomic E-state index is 0.222. The number of benzene rings is 1. The molecule has 0 aliphatic heterocycles. The zero-order valence-electron chi connectivity index (χ0n) is 9.98. The molecular formula is C13H12BrFN2O. The second kappa shape index (κ2) is 5.12. The van der Waals surface area contributed by atoms with Crippen LogP contribution < -0.4 is 0 Å². The fourth-order valence-electron chi connectivity index (χ4n) is 1.74. The minimum atomic E-state index is -1.04. The Hall–Kier alpha value is -1.33. The van der Waals surface area contributed by atoms with Gasteiger partial charge in [0.15, 0.2) is 0 Å². The Kier molecular flexibility index (Phi) is 3.73. The van der Waals surface area contributed by atoms with Crippen LogP contribution in [0.2, 0.25) is 0 Å². The third kappa shape index (κ3) is 2.57. The summed E-state index contributed by atoms with van der Waals surface area (Å²) < 4.78 is 14.4. The number of aromatic nitrogens is 2. The van der Waals surface area contributed by atoms with Crippen LogP contribution >= 0.6 is 15.9 Å². The molecular weight excluding hydrogens is 299 g/mol. The van der Waals surface area contributed by atoms with Crippen molar-refractivity contribution in [2.45, 2.75) is 20.0 Å². The van der Waals surface area contributed by atoms with E-state index in [1.807, 2.05) is 0 Å². The first-order valence-electron chi connectivity index (χ1n) is 5.43. The standard InChI is InChI=1S/C13H12BrFN2O/c1-7-5-10(8(2)17-16-7)13(18)11-6-9(14)3-4-12(11)15/h3-6,13,18H,1-2H3. The number of hydrogen-bond acceptors (Lipinski definition) is 3. The van der Waals surface area contributed by atoms with Crippen molar-refractivity contribution in [2.75, 3.05) is 0 Å². The van der Waals surface area contributed by atoms with E-state index in [0.717, 1.165) is 0 Å². The number of rotatable bonds is 2. The number of halogens is 2. The van der Waals surface area contributed by atoms with Gasteiger partial charge in [-0.3, -0.25) is 0 Å². The van der Waals surface area contributed by atoms with E-state index in [1.165, 1.54) is 6.07 Å². The average Bonchev–Trinajstić information content (AvgIpc) is 2.34. The summed E-state index contributed by atoms with van der Waals surface area (Å²) in [6.45, 7) is 3.51. The number of hydrogen-bond donors (Lipinski definition) is 1. The van der Waals surface area contributed by atoms with E-state index >= 15 is 0 Å². The minimum Gasteiger partial charge on any atom is -0.383 e. The summed E-state index contributed by atoms with van der Waals surface area (Å²) in [4.78, 5) is 0. The molecule has 0 bridgehead atoms. The molecule has 0 fully saturated rings. The van der Waals surface area contributed by atoms with E-state index in [9.17, 15) is 9.50 Å². The van der Waals surface area contributed by atoms with Crippen LogP contribution in [0.15, 0.2) is 28.7 Å². The van der Waals surface area contributed by atoms with Crippen molar-refractivity contribution in [3.63, 3.8) is 0 Å². The summed E-state index contributed by atoms with van der Waals surface area (Å²) in [5.74, 6) is -0.445. The maximum Gasteiger partial charge on any atom is 0.129 e. The molecule has 0 saturated heterocycles. The van der Waals surface area contributed by atoms with Gasteiger partial charge in [-0.25, -0.2) is 4.39 Å². The SMILES string of the molecule is Cc1cc(C(O)c2cc(Br)ccc2F)c(C)nn1. The lowest BCUT2D eigenvalue weighted by molar-refractivity contribution is 0.213. The predicted molar refractivity (Wildman–Crippen MR) is 69.7 cm³/mol. The highest BCUT2D eigenvalue weighted by Gasteiger charge is 2.18. The maximum atomic E-state index is 13.7. The van der Waals surface area contributed by atoms with Crippen LogP contribution in [0.4, 0.5) is 4.39 Å². The Morgan fingerprint density at radius 2 is 1.89 bits per heavy atom. The van der Waals surface area contributed by atoms with Gasteiger partial charge in [-0.15, -0.1) is 0 Å². The van der Waals surface area contributed by atoms with Crippen LogP contribution in [-0.2, 0) is 0 Å². The third-order valence-corrected chi connectivity index (χ3v) is 3.18. The van der Waals surface area contributed by atoms with Gasteiger partial charge in [-0.05, 0) is 38.1 Å². The highest BCUT2D eigenvalue weighted by atomic mass is 79.9. The molecule has 1 aromatic carbocycles. The Bertz CT molecular complexity index is 538. The molecule has 0 aliphatic rings. The second-order valence-corrected chi connectivity index (χ2v) is 5.01. The Labute approximate surface area is 113 Å². The second-order valence-electron chi connectivity index (χ2n) is 4.09. The van der Waals surface area contributed by atoms with Crippen molar-refractivity contribution >= 4 is 15.9 Å². The quantitative estimate of drug-likeness (QED) is 0.927. The van der Waals surface area contributed by atoms with Gasteiger partial charge >= 0.3 is 0 Å². The first-order valence-corrected chi connectivity index (χ1v) is 6.22. The van der Waals surface area contributed by atoms with Gasteiger partial charge in [0, 0.05) is 15.6 Å². The zero-order valence-corrected chi connectivity index (χ0v) is 11.6. The summed E-state index contributed by atoms with van der Waals surface area (Å²) >= 11 is 3.26. The van der Waals surface area contributed by atoms with Gasteiger partial charge < -0.3 is 5.11 Å². The van der Waals surface area contributed by atoms with Crippen molar-refractivity contribution in [1.29, 1.82) is 0 Å². The van der Waals surface area contributed by atoms with E-state index in [-0.39, 0.29) is 5.56 Å². The Morgan fingerprint density at radius 1 is 1.17 bits per heavy atom. The smallest absolute Gasteiger partial charge is 0.129 e. The van der Waals surface area contributed by atoms with Gasteiger partial charge in [-0.1, -0.05) is 15.9 Å². The summed E-state index contributed by atoms with van der Waals surface area (Å²) in [5, 5.41) is 18.1. The van der Waals surface area contributed by atoms with E-state index in [2.05, 4.69) is 26.1 Å². The molecule has 18 heavy (non-hydrogen) atoms. The zero-order chi connectivity index (χ0) is 13.3. The van der Waals surface area contributed by atoms with E-state index < -0.39 is 11.9 Å². The van der Waals surface area contributed by atoms with Crippen LogP contribution in [0.25, 0.3) is 0 Å². The average molecular weight is 311 g/mol. The van der Waals surface area contributed by atoms with Crippen molar-refractivity contribution in [3.8, 4) is 0 Å². The molecule has 5 heteroatoms. The fourth-order valence-corrected chi connectivity index (χ4v) is 2.12.